The number of hydrogen-bond donors (Lipinski definition) is 1. The van der Waals surface area contributed by atoms with Crippen LogP contribution in [0.2, 0.25) is 0 Å². The highest BCUT2D eigenvalue weighted by atomic mass is 16.5. The van der Waals surface area contributed by atoms with Crippen molar-refractivity contribution in [2.45, 2.75) is 71.0 Å². The van der Waals surface area contributed by atoms with Gasteiger partial charge in [0.05, 0.1) is 6.61 Å². The van der Waals surface area contributed by atoms with E-state index in [-0.39, 0.29) is 6.42 Å². The number of carbonyl (C=O) groups is 1. The Morgan fingerprint density at radius 3 is 1.79 bits per heavy atom. The molecule has 4 rings (SSSR count). The molecule has 6 nitrogen and oxygen atoms in total. The van der Waals surface area contributed by atoms with E-state index in [0.717, 1.165) is 60.1 Å². The fraction of sp³-hybridized carbons (Fsp3) is 0.333. The van der Waals surface area contributed by atoms with Crippen molar-refractivity contribution in [3.8, 4) is 28.6 Å². The van der Waals surface area contributed by atoms with Gasteiger partial charge in [0, 0.05) is 18.1 Å². The summed E-state index contributed by atoms with van der Waals surface area (Å²) in [6.07, 6.45) is 8.91. The van der Waals surface area contributed by atoms with Crippen LogP contribution in [0.1, 0.15) is 68.9 Å². The van der Waals surface area contributed by atoms with Crippen LogP contribution in [0.15, 0.2) is 97.1 Å². The second-order valence-electron chi connectivity index (χ2n) is 10.4. The molecular weight excluding hydrogens is 526 g/mol. The average molecular weight is 568 g/mol. The third kappa shape index (κ3) is 10.9. The van der Waals surface area contributed by atoms with Gasteiger partial charge in [0.2, 0.25) is 11.8 Å². The molecule has 0 aliphatic rings. The highest BCUT2D eigenvalue weighted by Gasteiger charge is 2.12. The molecule has 0 aliphatic carbocycles. The molecule has 42 heavy (non-hydrogen) atoms. The third-order valence-corrected chi connectivity index (χ3v) is 7.00. The van der Waals surface area contributed by atoms with Crippen molar-refractivity contribution in [2.75, 3.05) is 6.61 Å². The molecule has 6 heteroatoms. The monoisotopic (exact) mass is 567 g/mol. The van der Waals surface area contributed by atoms with Gasteiger partial charge < -0.3 is 19.3 Å². The number of ether oxygens (including phenoxy) is 3. The molecule has 0 radical (unpaired) electrons. The summed E-state index contributed by atoms with van der Waals surface area (Å²) in [5.74, 6) is 1.20. The van der Waals surface area contributed by atoms with Gasteiger partial charge in [-0.1, -0.05) is 111 Å². The van der Waals surface area contributed by atoms with Crippen molar-refractivity contribution < 1.29 is 24.1 Å². The summed E-state index contributed by atoms with van der Waals surface area (Å²) in [5, 5.41) is 8.68. The van der Waals surface area contributed by atoms with Crippen LogP contribution >= 0.6 is 0 Å². The first-order chi connectivity index (χ1) is 20.7. The predicted octanol–water partition coefficient (Wildman–Crippen LogP) is 8.88. The van der Waals surface area contributed by atoms with Crippen LogP contribution in [0.4, 0.5) is 0 Å². The quantitative estimate of drug-likeness (QED) is 0.114. The molecule has 0 bridgehead atoms. The first-order valence-electron chi connectivity index (χ1n) is 15.0. The SMILES string of the molecule is O=C(O)CCCCCCCCCCOc1ccc(-c2ccc(OCc3ccccc3)nc2OCc2ccccc2)cc1. The largest absolute Gasteiger partial charge is 0.494 e. The molecule has 0 atom stereocenters. The summed E-state index contributed by atoms with van der Waals surface area (Å²) in [6.45, 7) is 1.54. The maximum Gasteiger partial charge on any atom is 0.303 e. The van der Waals surface area contributed by atoms with E-state index >= 15 is 0 Å². The molecule has 0 saturated carbocycles. The second kappa shape index (κ2) is 17.5. The van der Waals surface area contributed by atoms with Gasteiger partial charge >= 0.3 is 5.97 Å². The van der Waals surface area contributed by atoms with Crippen LogP contribution in [0.25, 0.3) is 11.1 Å². The van der Waals surface area contributed by atoms with Gasteiger partial charge in [0.25, 0.3) is 0 Å². The molecule has 1 heterocycles. The lowest BCUT2D eigenvalue weighted by Gasteiger charge is -2.14. The summed E-state index contributed by atoms with van der Waals surface area (Å²) >= 11 is 0. The number of aromatic nitrogens is 1. The molecule has 0 amide bonds. The van der Waals surface area contributed by atoms with Crippen molar-refractivity contribution in [2.24, 2.45) is 0 Å². The zero-order valence-corrected chi connectivity index (χ0v) is 24.3. The minimum Gasteiger partial charge on any atom is -0.494 e. The maximum absolute atomic E-state index is 10.5. The van der Waals surface area contributed by atoms with E-state index in [0.29, 0.717) is 31.6 Å². The van der Waals surface area contributed by atoms with E-state index < -0.39 is 5.97 Å². The van der Waals surface area contributed by atoms with Crippen LogP contribution in [0.3, 0.4) is 0 Å². The highest BCUT2D eigenvalue weighted by molar-refractivity contribution is 5.69. The molecule has 220 valence electrons. The van der Waals surface area contributed by atoms with Crippen molar-refractivity contribution in [1.82, 2.24) is 4.98 Å². The second-order valence-corrected chi connectivity index (χ2v) is 10.4. The van der Waals surface area contributed by atoms with E-state index in [1.807, 2.05) is 97.1 Å². The lowest BCUT2D eigenvalue weighted by Crippen LogP contribution is -2.02. The van der Waals surface area contributed by atoms with E-state index in [2.05, 4.69) is 0 Å². The standard InChI is InChI=1S/C36H41NO5/c38-35(39)19-13-5-3-1-2-4-6-14-26-40-32-22-20-31(21-23-32)33-24-25-34(41-27-29-15-9-7-10-16-29)37-36(33)42-28-30-17-11-8-12-18-30/h7-12,15-18,20-25H,1-6,13-14,19,26-28H2,(H,38,39). The van der Waals surface area contributed by atoms with E-state index in [1.54, 1.807) is 0 Å². The molecule has 1 N–H and O–H groups in total. The number of nitrogens with zero attached hydrogens (tertiary/aromatic N) is 1. The third-order valence-electron chi connectivity index (χ3n) is 7.00. The number of unbranched alkanes of at least 4 members (excludes halogenated alkanes) is 7. The molecule has 0 spiro atoms. The number of rotatable bonds is 19. The molecule has 4 aromatic rings. The predicted molar refractivity (Wildman–Crippen MR) is 166 cm³/mol. The number of carboxylic acids is 1. The Labute approximate surface area is 249 Å². The number of carboxylic acid groups (broad SMARTS) is 1. The number of hydrogen-bond acceptors (Lipinski definition) is 5. The normalized spacial score (nSPS) is 10.8. The smallest absolute Gasteiger partial charge is 0.303 e. The van der Waals surface area contributed by atoms with Crippen LogP contribution in [-0.4, -0.2) is 22.7 Å². The summed E-state index contributed by atoms with van der Waals surface area (Å²) < 4.78 is 18.2. The van der Waals surface area contributed by atoms with E-state index in [4.69, 9.17) is 24.3 Å². The van der Waals surface area contributed by atoms with Crippen LogP contribution in [-0.2, 0) is 18.0 Å². The molecular formula is C36H41NO5. The first-order valence-corrected chi connectivity index (χ1v) is 15.0. The highest BCUT2D eigenvalue weighted by Crippen LogP contribution is 2.32. The van der Waals surface area contributed by atoms with E-state index in [9.17, 15) is 4.79 Å². The number of pyridine rings is 1. The molecule has 1 aromatic heterocycles. The summed E-state index contributed by atoms with van der Waals surface area (Å²) in [6, 6.07) is 32.0. The Balaban J connectivity index is 1.27. The molecule has 0 saturated heterocycles. The van der Waals surface area contributed by atoms with Crippen LogP contribution in [0, 0.1) is 0 Å². The lowest BCUT2D eigenvalue weighted by atomic mass is 10.1. The zero-order chi connectivity index (χ0) is 29.2. The number of aliphatic carboxylic acids is 1. The first kappa shape index (κ1) is 30.6. The van der Waals surface area contributed by atoms with Crippen molar-refractivity contribution >= 4 is 5.97 Å². The summed E-state index contributed by atoms with van der Waals surface area (Å²) in [4.78, 5) is 15.3. The lowest BCUT2D eigenvalue weighted by molar-refractivity contribution is -0.137. The maximum atomic E-state index is 10.5. The molecule has 3 aromatic carbocycles. The van der Waals surface area contributed by atoms with Gasteiger partial charge in [0.1, 0.15) is 19.0 Å². The Morgan fingerprint density at radius 2 is 1.17 bits per heavy atom. The Morgan fingerprint density at radius 1 is 0.595 bits per heavy atom. The molecule has 0 fully saturated rings. The van der Waals surface area contributed by atoms with Crippen LogP contribution in [0.5, 0.6) is 17.5 Å². The topological polar surface area (TPSA) is 77.9 Å². The minimum atomic E-state index is -0.696. The van der Waals surface area contributed by atoms with Crippen molar-refractivity contribution in [3.05, 3.63) is 108 Å². The zero-order valence-electron chi connectivity index (χ0n) is 24.3. The Hall–Kier alpha value is -4.32. The summed E-state index contributed by atoms with van der Waals surface area (Å²) in [5.41, 5.74) is 4.04. The van der Waals surface area contributed by atoms with E-state index in [1.165, 1.54) is 19.3 Å². The molecule has 0 unspecified atom stereocenters. The molecule has 0 aliphatic heterocycles. The summed E-state index contributed by atoms with van der Waals surface area (Å²) in [7, 11) is 0. The van der Waals surface area contributed by atoms with Crippen LogP contribution < -0.4 is 14.2 Å². The fourth-order valence-corrected chi connectivity index (χ4v) is 4.65. The van der Waals surface area contributed by atoms with Crippen molar-refractivity contribution in [3.63, 3.8) is 0 Å². The number of benzene rings is 3. The van der Waals surface area contributed by atoms with Gasteiger partial charge in [-0.2, -0.15) is 4.98 Å². The van der Waals surface area contributed by atoms with Gasteiger partial charge in [-0.25, -0.2) is 0 Å². The van der Waals surface area contributed by atoms with Gasteiger partial charge in [-0.3, -0.25) is 4.79 Å². The average Bonchev–Trinajstić information content (AvgIpc) is 3.03. The van der Waals surface area contributed by atoms with Gasteiger partial charge in [0.15, 0.2) is 0 Å². The minimum absolute atomic E-state index is 0.287. The Kier molecular flexibility index (Phi) is 12.8. The Bertz CT molecular complexity index is 1330. The van der Waals surface area contributed by atoms with Gasteiger partial charge in [-0.15, -0.1) is 0 Å². The van der Waals surface area contributed by atoms with Crippen molar-refractivity contribution in [1.29, 1.82) is 0 Å². The van der Waals surface area contributed by atoms with Gasteiger partial charge in [-0.05, 0) is 47.7 Å². The fourth-order valence-electron chi connectivity index (χ4n) is 4.65.